The van der Waals surface area contributed by atoms with Crippen LogP contribution in [0, 0.1) is 34.6 Å². The maximum Gasteiger partial charge on any atom is 0.226 e. The molecule has 0 aliphatic carbocycles. The van der Waals surface area contributed by atoms with E-state index in [2.05, 4.69) is 51.1 Å². The first-order chi connectivity index (χ1) is 19.2. The van der Waals surface area contributed by atoms with Gasteiger partial charge >= 0.3 is 0 Å². The van der Waals surface area contributed by atoms with Crippen molar-refractivity contribution in [2.24, 2.45) is 0 Å². The molecule has 1 amide bonds. The molecule has 2 aromatic carbocycles. The molecule has 2 N–H and O–H groups in total. The molecule has 206 valence electrons. The lowest BCUT2D eigenvalue weighted by Gasteiger charge is -2.28. The maximum absolute atomic E-state index is 13.1. The Balaban J connectivity index is 1.49. The predicted molar refractivity (Wildman–Crippen MR) is 166 cm³/mol. The fourth-order valence-corrected chi connectivity index (χ4v) is 6.09. The average molecular weight is 572 g/mol. The summed E-state index contributed by atoms with van der Waals surface area (Å²) in [7, 11) is 0. The normalized spacial score (nSPS) is 16.8. The summed E-state index contributed by atoms with van der Waals surface area (Å²) >= 11 is 12.4. The smallest absolute Gasteiger partial charge is 0.226 e. The molecule has 2 atom stereocenters. The largest absolute Gasteiger partial charge is 0.352 e. The zero-order chi connectivity index (χ0) is 28.6. The van der Waals surface area contributed by atoms with E-state index in [9.17, 15) is 4.79 Å². The van der Waals surface area contributed by atoms with Crippen LogP contribution in [0.5, 0.6) is 0 Å². The molecule has 1 aliphatic rings. The summed E-state index contributed by atoms with van der Waals surface area (Å²) in [6.45, 7) is 10.8. The van der Waals surface area contributed by atoms with E-state index in [0.717, 1.165) is 55.7 Å². The monoisotopic (exact) mass is 571 g/mol. The molecule has 40 heavy (non-hydrogen) atoms. The van der Waals surface area contributed by atoms with Crippen molar-refractivity contribution in [3.05, 3.63) is 111 Å². The van der Waals surface area contributed by atoms with Crippen LogP contribution in [0.4, 0.5) is 5.69 Å². The summed E-state index contributed by atoms with van der Waals surface area (Å²) in [5.41, 5.74) is 9.30. The van der Waals surface area contributed by atoms with Crippen LogP contribution in [-0.2, 0) is 4.79 Å². The van der Waals surface area contributed by atoms with E-state index in [1.54, 1.807) is 6.20 Å². The van der Waals surface area contributed by atoms with Gasteiger partial charge in [-0.15, -0.1) is 0 Å². The molecule has 0 saturated carbocycles. The number of rotatable bonds is 7. The minimum absolute atomic E-state index is 0.0449. The van der Waals surface area contributed by atoms with Gasteiger partial charge in [-0.05, 0) is 105 Å². The van der Waals surface area contributed by atoms with Gasteiger partial charge in [0.25, 0.3) is 0 Å². The first-order valence-corrected chi connectivity index (χ1v) is 14.2. The highest BCUT2D eigenvalue weighted by atomic mass is 35.5. The number of nitrogens with zero attached hydrogens (tertiary/aromatic N) is 3. The van der Waals surface area contributed by atoms with Gasteiger partial charge in [-0.25, -0.2) is 0 Å². The molecular formula is C32H34ClN5OS. The van der Waals surface area contributed by atoms with Crippen LogP contribution in [-0.4, -0.2) is 32.0 Å². The number of carbonyl (C=O) groups is 1. The molecular weight excluding hydrogens is 538 g/mol. The van der Waals surface area contributed by atoms with Crippen LogP contribution in [0.2, 0.25) is 5.02 Å². The maximum atomic E-state index is 13.1. The summed E-state index contributed by atoms with van der Waals surface area (Å²) < 4.78 is 2.25. The number of pyridine rings is 1. The zero-order valence-corrected chi connectivity index (χ0v) is 25.0. The Hall–Kier alpha value is -3.68. The van der Waals surface area contributed by atoms with E-state index in [1.165, 1.54) is 0 Å². The molecule has 0 unspecified atom stereocenters. The minimum atomic E-state index is -0.162. The van der Waals surface area contributed by atoms with Crippen molar-refractivity contribution in [1.82, 2.24) is 19.8 Å². The molecule has 4 aromatic rings. The van der Waals surface area contributed by atoms with Gasteiger partial charge in [-0.1, -0.05) is 35.9 Å². The van der Waals surface area contributed by atoms with Gasteiger partial charge < -0.3 is 20.1 Å². The van der Waals surface area contributed by atoms with Crippen molar-refractivity contribution in [1.29, 1.82) is 0 Å². The molecule has 0 spiro atoms. The van der Waals surface area contributed by atoms with Crippen LogP contribution >= 0.6 is 23.8 Å². The van der Waals surface area contributed by atoms with E-state index in [-0.39, 0.29) is 18.0 Å². The number of carbonyl (C=O) groups excluding carboxylic acids is 1. The number of hydrogen-bond donors (Lipinski definition) is 2. The van der Waals surface area contributed by atoms with Gasteiger partial charge in [-0.3, -0.25) is 9.78 Å². The van der Waals surface area contributed by atoms with E-state index >= 15 is 0 Å². The first-order valence-electron chi connectivity index (χ1n) is 13.4. The number of amides is 1. The highest BCUT2D eigenvalue weighted by Gasteiger charge is 2.41. The number of aryl methyl sites for hydroxylation is 3. The number of benzene rings is 2. The Morgan fingerprint density at radius 3 is 2.60 bits per heavy atom. The number of anilines is 1. The number of nitrogens with one attached hydrogen (secondary N) is 2. The third-order valence-electron chi connectivity index (χ3n) is 7.71. The van der Waals surface area contributed by atoms with Crippen LogP contribution in [0.15, 0.2) is 66.9 Å². The summed E-state index contributed by atoms with van der Waals surface area (Å²) in [6, 6.07) is 19.9. The fourth-order valence-electron chi connectivity index (χ4n) is 5.59. The standard InChI is InChI=1S/C32H34ClN5OS/c1-19-12-13-20(2)27(17-19)35-29(39)14-16-37-31(30(36-32(37)40)26-10-6-7-15-34-26)24-18-21(3)38(23(24)5)28-11-8-9-25(33)22(28)4/h6-13,15,17-18,30-31H,14,16H2,1-5H3,(H,35,39)(H,36,40)/t30-,31+/m1/s1. The summed E-state index contributed by atoms with van der Waals surface area (Å²) in [4.78, 5) is 19.9. The average Bonchev–Trinajstić information content (AvgIpc) is 3.41. The van der Waals surface area contributed by atoms with Gasteiger partial charge in [0.05, 0.1) is 17.8 Å². The highest BCUT2D eigenvalue weighted by Crippen LogP contribution is 2.42. The molecule has 6 nitrogen and oxygen atoms in total. The molecule has 2 aromatic heterocycles. The van der Waals surface area contributed by atoms with Crippen LogP contribution in [0.3, 0.4) is 0 Å². The number of halogens is 1. The number of hydrogen-bond acceptors (Lipinski definition) is 3. The van der Waals surface area contributed by atoms with E-state index in [0.29, 0.717) is 18.1 Å². The summed E-state index contributed by atoms with van der Waals surface area (Å²) in [6.07, 6.45) is 2.10. The van der Waals surface area contributed by atoms with Gasteiger partial charge in [0, 0.05) is 46.9 Å². The molecule has 1 fully saturated rings. The molecule has 0 bridgehead atoms. The van der Waals surface area contributed by atoms with Crippen LogP contribution < -0.4 is 10.6 Å². The molecule has 8 heteroatoms. The van der Waals surface area contributed by atoms with Crippen molar-refractivity contribution in [3.8, 4) is 5.69 Å². The van der Waals surface area contributed by atoms with Crippen LogP contribution in [0.1, 0.15) is 57.8 Å². The van der Waals surface area contributed by atoms with Gasteiger partial charge in [0.1, 0.15) is 0 Å². The molecule has 3 heterocycles. The van der Waals surface area contributed by atoms with E-state index in [1.807, 2.05) is 69.3 Å². The Bertz CT molecular complexity index is 1580. The van der Waals surface area contributed by atoms with Crippen molar-refractivity contribution in [3.63, 3.8) is 0 Å². The third kappa shape index (κ3) is 5.36. The van der Waals surface area contributed by atoms with E-state index < -0.39 is 0 Å². The SMILES string of the molecule is Cc1ccc(C)c(NC(=O)CCN2C(=S)N[C@H](c3ccccn3)[C@@H]2c2cc(C)n(-c3cccc(Cl)c3C)c2C)c1. The second kappa shape index (κ2) is 11.4. The van der Waals surface area contributed by atoms with Crippen LogP contribution in [0.25, 0.3) is 5.69 Å². The first kappa shape index (κ1) is 27.9. The number of aromatic nitrogens is 2. The van der Waals surface area contributed by atoms with Crippen molar-refractivity contribution in [2.75, 3.05) is 11.9 Å². The fraction of sp³-hybridized carbons (Fsp3) is 0.281. The second-order valence-corrected chi connectivity index (χ2v) is 11.3. The lowest BCUT2D eigenvalue weighted by Crippen LogP contribution is -2.33. The highest BCUT2D eigenvalue weighted by molar-refractivity contribution is 7.80. The Morgan fingerprint density at radius 2 is 1.85 bits per heavy atom. The van der Waals surface area contributed by atoms with Gasteiger partial charge in [0.15, 0.2) is 5.11 Å². The zero-order valence-electron chi connectivity index (χ0n) is 23.5. The quantitative estimate of drug-likeness (QED) is 0.232. The molecule has 1 aliphatic heterocycles. The molecule has 0 radical (unpaired) electrons. The summed E-state index contributed by atoms with van der Waals surface area (Å²) in [5.74, 6) is -0.0449. The number of thiocarbonyl (C=S) groups is 1. The third-order valence-corrected chi connectivity index (χ3v) is 8.48. The lowest BCUT2D eigenvalue weighted by atomic mass is 9.96. The Morgan fingerprint density at radius 1 is 1.05 bits per heavy atom. The topological polar surface area (TPSA) is 62.2 Å². The molecule has 5 rings (SSSR count). The second-order valence-electron chi connectivity index (χ2n) is 10.5. The van der Waals surface area contributed by atoms with Crippen molar-refractivity contribution >= 4 is 40.5 Å². The lowest BCUT2D eigenvalue weighted by molar-refractivity contribution is -0.116. The van der Waals surface area contributed by atoms with Gasteiger partial charge in [0.2, 0.25) is 5.91 Å². The molecule has 1 saturated heterocycles. The minimum Gasteiger partial charge on any atom is -0.352 e. The Kier molecular flexibility index (Phi) is 7.97. The predicted octanol–water partition coefficient (Wildman–Crippen LogP) is 7.07. The Labute approximate surface area is 246 Å². The van der Waals surface area contributed by atoms with E-state index in [4.69, 9.17) is 23.8 Å². The van der Waals surface area contributed by atoms with Gasteiger partial charge in [-0.2, -0.15) is 0 Å². The van der Waals surface area contributed by atoms with Crippen molar-refractivity contribution < 1.29 is 4.79 Å². The summed E-state index contributed by atoms with van der Waals surface area (Å²) in [5, 5.41) is 7.94. The van der Waals surface area contributed by atoms with Crippen molar-refractivity contribution in [2.45, 2.75) is 53.1 Å².